The van der Waals surface area contributed by atoms with Gasteiger partial charge in [0.1, 0.15) is 18.0 Å². The smallest absolute Gasteiger partial charge is 0.128 e. The second-order valence-corrected chi connectivity index (χ2v) is 7.01. The van der Waals surface area contributed by atoms with Crippen molar-refractivity contribution in [1.29, 1.82) is 0 Å². The molecule has 27 heavy (non-hydrogen) atoms. The van der Waals surface area contributed by atoms with Crippen LogP contribution in [0.3, 0.4) is 0 Å². The average molecular weight is 362 g/mol. The van der Waals surface area contributed by atoms with E-state index < -0.39 is 0 Å². The molecular formula is C22H24N3O2+. The first-order chi connectivity index (χ1) is 13.2. The Bertz CT molecular complexity index is 957. The number of fused-ring (bicyclic) bond motifs is 1. The van der Waals surface area contributed by atoms with Gasteiger partial charge in [-0.05, 0) is 22.9 Å². The van der Waals surface area contributed by atoms with Crippen molar-refractivity contribution in [3.05, 3.63) is 71.8 Å². The average Bonchev–Trinajstić information content (AvgIpc) is 2.69. The predicted molar refractivity (Wildman–Crippen MR) is 107 cm³/mol. The zero-order chi connectivity index (χ0) is 18.6. The summed E-state index contributed by atoms with van der Waals surface area (Å²) < 4.78 is 0. The van der Waals surface area contributed by atoms with Gasteiger partial charge < -0.3 is 15.1 Å². The summed E-state index contributed by atoms with van der Waals surface area (Å²) in [6, 6.07) is 19.6. The van der Waals surface area contributed by atoms with Crippen molar-refractivity contribution in [2.24, 2.45) is 5.10 Å². The summed E-state index contributed by atoms with van der Waals surface area (Å²) in [5, 5.41) is 28.4. The first-order valence-corrected chi connectivity index (χ1v) is 9.30. The van der Waals surface area contributed by atoms with Crippen molar-refractivity contribution in [2.75, 3.05) is 26.2 Å². The molecule has 4 rings (SSSR count). The van der Waals surface area contributed by atoms with Crippen LogP contribution >= 0.6 is 0 Å². The molecule has 3 aromatic carbocycles. The predicted octanol–water partition coefficient (Wildman–Crippen LogP) is 1.99. The van der Waals surface area contributed by atoms with E-state index >= 15 is 0 Å². The van der Waals surface area contributed by atoms with Gasteiger partial charge in [-0.2, -0.15) is 5.10 Å². The number of aromatic hydroxyl groups is 2. The van der Waals surface area contributed by atoms with E-state index in [4.69, 9.17) is 0 Å². The third kappa shape index (κ3) is 4.04. The fraction of sp³-hybridized carbons (Fsp3) is 0.227. The zero-order valence-electron chi connectivity index (χ0n) is 15.2. The van der Waals surface area contributed by atoms with Gasteiger partial charge in [-0.25, -0.2) is 0 Å². The van der Waals surface area contributed by atoms with Crippen LogP contribution < -0.4 is 4.90 Å². The van der Waals surface area contributed by atoms with Crippen LogP contribution in [0.5, 0.6) is 11.5 Å². The summed E-state index contributed by atoms with van der Waals surface area (Å²) in [6.07, 6.45) is 1.66. The molecule has 1 saturated heterocycles. The molecular weight excluding hydrogens is 338 g/mol. The molecule has 3 N–H and O–H groups in total. The molecule has 0 radical (unpaired) electrons. The minimum atomic E-state index is 0.0407. The second kappa shape index (κ2) is 7.68. The number of hydrazone groups is 1. The van der Waals surface area contributed by atoms with Crippen LogP contribution in [0.2, 0.25) is 0 Å². The van der Waals surface area contributed by atoms with Gasteiger partial charge in [0.2, 0.25) is 0 Å². The van der Waals surface area contributed by atoms with Gasteiger partial charge in [-0.3, -0.25) is 5.01 Å². The molecule has 0 saturated carbocycles. The molecule has 1 heterocycles. The number of nitrogens with one attached hydrogen (secondary N) is 1. The van der Waals surface area contributed by atoms with E-state index in [0.717, 1.165) is 32.7 Å². The van der Waals surface area contributed by atoms with Crippen LogP contribution in [0.25, 0.3) is 10.8 Å². The lowest BCUT2D eigenvalue weighted by atomic mass is 10.0. The SMILES string of the molecule is Oc1ccc(/C=N/N2CC[NH+](Cc3cccc4ccccc34)CC2)c(O)c1. The van der Waals surface area contributed by atoms with Crippen molar-refractivity contribution in [3.63, 3.8) is 0 Å². The van der Waals surface area contributed by atoms with Crippen LogP contribution in [0.15, 0.2) is 65.8 Å². The summed E-state index contributed by atoms with van der Waals surface area (Å²) >= 11 is 0. The topological polar surface area (TPSA) is 60.5 Å². The molecule has 3 aromatic rings. The first-order valence-electron chi connectivity index (χ1n) is 9.30. The number of hydrogen-bond donors (Lipinski definition) is 3. The number of benzene rings is 3. The summed E-state index contributed by atoms with van der Waals surface area (Å²) in [4.78, 5) is 1.56. The van der Waals surface area contributed by atoms with Crippen LogP contribution in [0, 0.1) is 0 Å². The Morgan fingerprint density at radius 3 is 2.56 bits per heavy atom. The minimum absolute atomic E-state index is 0.0407. The molecule has 0 aliphatic carbocycles. The van der Waals surface area contributed by atoms with Gasteiger partial charge in [0, 0.05) is 17.2 Å². The van der Waals surface area contributed by atoms with Crippen LogP contribution in [0.4, 0.5) is 0 Å². The highest BCUT2D eigenvalue weighted by Crippen LogP contribution is 2.21. The fourth-order valence-electron chi connectivity index (χ4n) is 3.60. The van der Waals surface area contributed by atoms with E-state index in [0.29, 0.717) is 5.56 Å². The summed E-state index contributed by atoms with van der Waals surface area (Å²) in [7, 11) is 0. The van der Waals surface area contributed by atoms with Crippen LogP contribution in [-0.4, -0.2) is 47.6 Å². The summed E-state index contributed by atoms with van der Waals surface area (Å²) in [6.45, 7) is 4.85. The molecule has 1 fully saturated rings. The van der Waals surface area contributed by atoms with Gasteiger partial charge in [0.05, 0.1) is 32.4 Å². The second-order valence-electron chi connectivity index (χ2n) is 7.01. The van der Waals surface area contributed by atoms with Crippen molar-refractivity contribution in [1.82, 2.24) is 5.01 Å². The Morgan fingerprint density at radius 2 is 1.74 bits per heavy atom. The summed E-state index contributed by atoms with van der Waals surface area (Å²) in [5.74, 6) is 0.0919. The molecule has 1 aliphatic heterocycles. The Balaban J connectivity index is 1.37. The molecule has 0 spiro atoms. The van der Waals surface area contributed by atoms with Crippen molar-refractivity contribution in [3.8, 4) is 11.5 Å². The van der Waals surface area contributed by atoms with Gasteiger partial charge >= 0.3 is 0 Å². The third-order valence-electron chi connectivity index (χ3n) is 5.14. The molecule has 1 aliphatic rings. The van der Waals surface area contributed by atoms with E-state index in [2.05, 4.69) is 47.6 Å². The van der Waals surface area contributed by atoms with Gasteiger partial charge in [0.15, 0.2) is 0 Å². The Hall–Kier alpha value is -3.05. The van der Waals surface area contributed by atoms with Gasteiger partial charge in [0.25, 0.3) is 0 Å². The van der Waals surface area contributed by atoms with E-state index in [1.165, 1.54) is 22.4 Å². The van der Waals surface area contributed by atoms with Crippen LogP contribution in [-0.2, 0) is 6.54 Å². The summed E-state index contributed by atoms with van der Waals surface area (Å²) in [5.41, 5.74) is 2.01. The number of phenols is 2. The molecule has 0 amide bonds. The highest BCUT2D eigenvalue weighted by atomic mass is 16.3. The highest BCUT2D eigenvalue weighted by Gasteiger charge is 2.19. The highest BCUT2D eigenvalue weighted by molar-refractivity contribution is 5.85. The maximum Gasteiger partial charge on any atom is 0.128 e. The fourth-order valence-corrected chi connectivity index (χ4v) is 3.60. The van der Waals surface area contributed by atoms with E-state index in [-0.39, 0.29) is 11.5 Å². The Morgan fingerprint density at radius 1 is 0.963 bits per heavy atom. The van der Waals surface area contributed by atoms with Crippen molar-refractivity contribution in [2.45, 2.75) is 6.54 Å². The minimum Gasteiger partial charge on any atom is -0.508 e. The third-order valence-corrected chi connectivity index (χ3v) is 5.14. The monoisotopic (exact) mass is 362 g/mol. The number of nitrogens with zero attached hydrogens (tertiary/aromatic N) is 2. The van der Waals surface area contributed by atoms with E-state index in [1.54, 1.807) is 23.2 Å². The number of rotatable bonds is 4. The van der Waals surface area contributed by atoms with Crippen LogP contribution in [0.1, 0.15) is 11.1 Å². The lowest BCUT2D eigenvalue weighted by Gasteiger charge is -2.30. The number of hydrogen-bond acceptors (Lipinski definition) is 4. The number of phenolic OH excluding ortho intramolecular Hbond substituents is 2. The molecule has 138 valence electrons. The normalized spacial score (nSPS) is 15.6. The van der Waals surface area contributed by atoms with Gasteiger partial charge in [-0.1, -0.05) is 42.5 Å². The number of piperazine rings is 1. The maximum atomic E-state index is 9.84. The molecule has 0 bridgehead atoms. The molecule has 5 heteroatoms. The van der Waals surface area contributed by atoms with Crippen molar-refractivity contribution >= 4 is 17.0 Å². The lowest BCUT2D eigenvalue weighted by molar-refractivity contribution is -0.918. The number of quaternary nitrogens is 1. The first kappa shape index (κ1) is 17.4. The standard InChI is InChI=1S/C22H23N3O2/c26-20-9-8-18(22(27)14-20)15-23-25-12-10-24(11-13-25)16-19-6-3-5-17-4-1-2-7-21(17)19/h1-9,14-15,26-27H,10-13,16H2/p+1/b23-15+. The van der Waals surface area contributed by atoms with Crippen molar-refractivity contribution < 1.29 is 15.1 Å². The Kier molecular flexibility index (Phi) is 4.94. The Labute approximate surface area is 158 Å². The molecule has 0 aromatic heterocycles. The molecule has 0 atom stereocenters. The lowest BCUT2D eigenvalue weighted by Crippen LogP contribution is -3.13. The van der Waals surface area contributed by atoms with E-state index in [1.807, 2.05) is 5.01 Å². The zero-order valence-corrected chi connectivity index (χ0v) is 15.2. The largest absolute Gasteiger partial charge is 0.508 e. The quantitative estimate of drug-likeness (QED) is 0.622. The molecule has 5 nitrogen and oxygen atoms in total. The van der Waals surface area contributed by atoms with E-state index in [9.17, 15) is 10.2 Å². The van der Waals surface area contributed by atoms with Gasteiger partial charge in [-0.15, -0.1) is 0 Å². The maximum absolute atomic E-state index is 9.84. The molecule has 0 unspecified atom stereocenters.